The first-order valence-corrected chi connectivity index (χ1v) is 8.63. The number of likely N-dealkylation sites (tertiary alicyclic amines) is 1. The van der Waals surface area contributed by atoms with E-state index in [-0.39, 0.29) is 11.7 Å². The lowest BCUT2D eigenvalue weighted by Crippen LogP contribution is -2.36. The summed E-state index contributed by atoms with van der Waals surface area (Å²) in [7, 11) is 0. The summed E-state index contributed by atoms with van der Waals surface area (Å²) in [5.41, 5.74) is 0.279. The number of rotatable bonds is 2. The van der Waals surface area contributed by atoms with Crippen LogP contribution in [0.4, 0.5) is 9.18 Å². The molecule has 0 spiro atoms. The molecule has 134 valence electrons. The number of imidazole rings is 1. The number of carbonyl (C=O) groups is 1. The number of nitrogens with one attached hydrogen (secondary N) is 1. The SMILES string of the molecule is CC(C)(C)OC(=O)N1CCC[C@H]1c1nc(-c2ccc(Cl)cc2)c(F)[nH]1. The van der Waals surface area contributed by atoms with Crippen molar-refractivity contribution in [2.45, 2.75) is 45.3 Å². The largest absolute Gasteiger partial charge is 0.444 e. The van der Waals surface area contributed by atoms with Gasteiger partial charge in [-0.25, -0.2) is 9.78 Å². The Kier molecular flexibility index (Phi) is 4.73. The van der Waals surface area contributed by atoms with Crippen molar-refractivity contribution in [3.05, 3.63) is 41.1 Å². The van der Waals surface area contributed by atoms with Gasteiger partial charge in [0.1, 0.15) is 17.1 Å². The van der Waals surface area contributed by atoms with E-state index in [4.69, 9.17) is 16.3 Å². The van der Waals surface area contributed by atoms with Gasteiger partial charge in [-0.2, -0.15) is 4.39 Å². The Morgan fingerprint density at radius 2 is 2.04 bits per heavy atom. The van der Waals surface area contributed by atoms with Crippen molar-refractivity contribution in [1.29, 1.82) is 0 Å². The van der Waals surface area contributed by atoms with E-state index in [1.54, 1.807) is 29.2 Å². The van der Waals surface area contributed by atoms with Gasteiger partial charge in [0.15, 0.2) is 0 Å². The van der Waals surface area contributed by atoms with Crippen molar-refractivity contribution in [3.8, 4) is 11.3 Å². The van der Waals surface area contributed by atoms with Crippen LogP contribution in [0, 0.1) is 5.95 Å². The molecule has 1 aliphatic heterocycles. The molecule has 0 saturated carbocycles. The molecule has 1 fully saturated rings. The molecule has 1 aromatic carbocycles. The molecule has 25 heavy (non-hydrogen) atoms. The topological polar surface area (TPSA) is 58.2 Å². The number of halogens is 2. The Morgan fingerprint density at radius 3 is 2.68 bits per heavy atom. The summed E-state index contributed by atoms with van der Waals surface area (Å²) in [6.07, 6.45) is 1.13. The summed E-state index contributed by atoms with van der Waals surface area (Å²) in [6.45, 7) is 6.03. The third-order valence-electron chi connectivity index (χ3n) is 3.99. The molecular formula is C18H21ClFN3O2. The van der Waals surface area contributed by atoms with Gasteiger partial charge in [-0.15, -0.1) is 0 Å². The second-order valence-corrected chi connectivity index (χ2v) is 7.56. The maximum Gasteiger partial charge on any atom is 0.410 e. The van der Waals surface area contributed by atoms with Crippen LogP contribution in [0.1, 0.15) is 45.5 Å². The van der Waals surface area contributed by atoms with Gasteiger partial charge in [0.2, 0.25) is 5.95 Å². The van der Waals surface area contributed by atoms with E-state index in [9.17, 15) is 9.18 Å². The van der Waals surface area contributed by atoms with E-state index in [2.05, 4.69) is 9.97 Å². The van der Waals surface area contributed by atoms with E-state index in [1.807, 2.05) is 20.8 Å². The number of carbonyl (C=O) groups excluding carboxylic acids is 1. The predicted octanol–water partition coefficient (Wildman–Crippen LogP) is 4.94. The number of H-pyrrole nitrogens is 1. The highest BCUT2D eigenvalue weighted by molar-refractivity contribution is 6.30. The number of aromatic amines is 1. The zero-order valence-corrected chi connectivity index (χ0v) is 15.2. The quantitative estimate of drug-likeness (QED) is 0.819. The molecule has 0 radical (unpaired) electrons. The van der Waals surface area contributed by atoms with E-state index in [0.717, 1.165) is 6.42 Å². The fourth-order valence-electron chi connectivity index (χ4n) is 2.92. The summed E-state index contributed by atoms with van der Waals surface area (Å²) in [5, 5.41) is 0.576. The van der Waals surface area contributed by atoms with Gasteiger partial charge < -0.3 is 9.72 Å². The molecule has 1 aromatic heterocycles. The van der Waals surface area contributed by atoms with Crippen LogP contribution in [0.15, 0.2) is 24.3 Å². The molecule has 3 rings (SSSR count). The fourth-order valence-corrected chi connectivity index (χ4v) is 3.04. The van der Waals surface area contributed by atoms with Crippen LogP contribution in [-0.2, 0) is 4.74 Å². The van der Waals surface area contributed by atoms with Crippen LogP contribution < -0.4 is 0 Å². The van der Waals surface area contributed by atoms with E-state index >= 15 is 0 Å². The van der Waals surface area contributed by atoms with Crippen molar-refractivity contribution in [2.24, 2.45) is 0 Å². The second-order valence-electron chi connectivity index (χ2n) is 7.12. The Balaban J connectivity index is 1.85. The van der Waals surface area contributed by atoms with Crippen molar-refractivity contribution >= 4 is 17.7 Å². The number of amides is 1. The number of hydrogen-bond acceptors (Lipinski definition) is 3. The molecule has 1 N–H and O–H groups in total. The van der Waals surface area contributed by atoms with Gasteiger partial charge in [0.25, 0.3) is 0 Å². The van der Waals surface area contributed by atoms with Crippen LogP contribution >= 0.6 is 11.6 Å². The fraction of sp³-hybridized carbons (Fsp3) is 0.444. The third kappa shape index (κ3) is 3.95. The monoisotopic (exact) mass is 365 g/mol. The molecule has 2 heterocycles. The molecule has 0 aliphatic carbocycles. The lowest BCUT2D eigenvalue weighted by Gasteiger charge is -2.27. The first-order valence-electron chi connectivity index (χ1n) is 8.25. The molecule has 7 heteroatoms. The Labute approximate surface area is 151 Å². The first-order chi connectivity index (χ1) is 11.7. The highest BCUT2D eigenvalue weighted by Crippen LogP contribution is 2.33. The maximum atomic E-state index is 14.4. The van der Waals surface area contributed by atoms with E-state index in [1.165, 1.54) is 0 Å². The second kappa shape index (κ2) is 6.67. The number of aromatic nitrogens is 2. The van der Waals surface area contributed by atoms with Crippen molar-refractivity contribution in [3.63, 3.8) is 0 Å². The highest BCUT2D eigenvalue weighted by Gasteiger charge is 2.35. The minimum atomic E-state index is -0.576. The predicted molar refractivity (Wildman–Crippen MR) is 93.9 cm³/mol. The maximum absolute atomic E-state index is 14.4. The number of hydrogen-bond donors (Lipinski definition) is 1. The minimum Gasteiger partial charge on any atom is -0.444 e. The molecule has 0 bridgehead atoms. The van der Waals surface area contributed by atoms with Gasteiger partial charge in [0, 0.05) is 17.1 Å². The van der Waals surface area contributed by atoms with Gasteiger partial charge >= 0.3 is 6.09 Å². The van der Waals surface area contributed by atoms with Crippen LogP contribution in [-0.4, -0.2) is 33.1 Å². The van der Waals surface area contributed by atoms with Gasteiger partial charge in [0.05, 0.1) is 6.04 Å². The van der Waals surface area contributed by atoms with E-state index < -0.39 is 17.6 Å². The van der Waals surface area contributed by atoms with Crippen molar-refractivity contribution in [2.75, 3.05) is 6.54 Å². The van der Waals surface area contributed by atoms with Gasteiger partial charge in [-0.1, -0.05) is 23.7 Å². The summed E-state index contributed by atoms with van der Waals surface area (Å²) in [4.78, 5) is 21.1. The molecule has 0 unspecified atom stereocenters. The average molecular weight is 366 g/mol. The van der Waals surface area contributed by atoms with Crippen molar-refractivity contribution in [1.82, 2.24) is 14.9 Å². The summed E-state index contributed by atoms with van der Waals surface area (Å²) < 4.78 is 19.8. The molecular weight excluding hydrogens is 345 g/mol. The molecule has 1 saturated heterocycles. The standard InChI is InChI=1S/C18H21ClFN3O2/c1-18(2,3)25-17(24)23-10-4-5-13(23)16-21-14(15(20)22-16)11-6-8-12(19)9-7-11/h6-9,13H,4-5,10H2,1-3H3,(H,21,22)/t13-/m0/s1. The number of benzene rings is 1. The number of nitrogens with zero attached hydrogens (tertiary/aromatic N) is 2. The van der Waals surface area contributed by atoms with E-state index in [0.29, 0.717) is 29.4 Å². The van der Waals surface area contributed by atoms with Crippen LogP contribution in [0.5, 0.6) is 0 Å². The highest BCUT2D eigenvalue weighted by atomic mass is 35.5. The minimum absolute atomic E-state index is 0.225. The van der Waals surface area contributed by atoms with Gasteiger partial charge in [-0.05, 0) is 45.7 Å². The smallest absolute Gasteiger partial charge is 0.410 e. The zero-order valence-electron chi connectivity index (χ0n) is 14.5. The van der Waals surface area contributed by atoms with Crippen molar-refractivity contribution < 1.29 is 13.9 Å². The van der Waals surface area contributed by atoms with Gasteiger partial charge in [-0.3, -0.25) is 4.90 Å². The molecule has 5 nitrogen and oxygen atoms in total. The zero-order chi connectivity index (χ0) is 18.2. The molecule has 1 atom stereocenters. The summed E-state index contributed by atoms with van der Waals surface area (Å²) >= 11 is 5.87. The molecule has 1 amide bonds. The number of ether oxygens (including phenoxy) is 1. The Bertz CT molecular complexity index is 768. The lowest BCUT2D eigenvalue weighted by atomic mass is 10.2. The molecule has 2 aromatic rings. The third-order valence-corrected chi connectivity index (χ3v) is 4.24. The Morgan fingerprint density at radius 1 is 1.36 bits per heavy atom. The van der Waals surface area contributed by atoms with Crippen LogP contribution in [0.25, 0.3) is 11.3 Å². The normalized spacial score (nSPS) is 17.8. The lowest BCUT2D eigenvalue weighted by molar-refractivity contribution is 0.0218. The summed E-state index contributed by atoms with van der Waals surface area (Å²) in [5.74, 6) is -0.0841. The van der Waals surface area contributed by atoms with Crippen LogP contribution in [0.2, 0.25) is 5.02 Å². The average Bonchev–Trinajstić information content (AvgIpc) is 3.13. The Hall–Kier alpha value is -2.08. The first kappa shape index (κ1) is 17.7. The summed E-state index contributed by atoms with van der Waals surface area (Å²) in [6, 6.07) is 6.49. The molecule has 1 aliphatic rings. The van der Waals surface area contributed by atoms with Crippen LogP contribution in [0.3, 0.4) is 0 Å².